The molecule has 0 saturated carbocycles. The number of aliphatic carboxylic acids is 1. The zero-order valence-electron chi connectivity index (χ0n) is 6.16. The van der Waals surface area contributed by atoms with E-state index in [0.29, 0.717) is 12.3 Å². The minimum atomic E-state index is -0.802. The van der Waals surface area contributed by atoms with Crippen LogP contribution in [-0.4, -0.2) is 22.8 Å². The number of rotatable bonds is 1. The average Bonchev–Trinajstić information content (AvgIpc) is 2.13. The molecule has 0 aromatic rings. The molecular formula is C7H11NO2. The standard InChI is InChI=1S/C7H11NO2/c1-4-3-6(7(9)10)8-5(4)2/h4,6H,3H2,1-2H3,(H,9,10)/t4-,6-/m1/s1. The molecule has 0 aromatic heterocycles. The van der Waals surface area contributed by atoms with Crippen LogP contribution in [0.5, 0.6) is 0 Å². The van der Waals surface area contributed by atoms with E-state index in [-0.39, 0.29) is 0 Å². The molecule has 2 atom stereocenters. The van der Waals surface area contributed by atoms with E-state index in [1.54, 1.807) is 0 Å². The van der Waals surface area contributed by atoms with Gasteiger partial charge in [-0.15, -0.1) is 0 Å². The van der Waals surface area contributed by atoms with E-state index in [1.807, 2.05) is 13.8 Å². The maximum Gasteiger partial charge on any atom is 0.328 e. The van der Waals surface area contributed by atoms with E-state index in [9.17, 15) is 4.79 Å². The van der Waals surface area contributed by atoms with Crippen molar-refractivity contribution in [2.45, 2.75) is 26.3 Å². The second-order valence-corrected chi connectivity index (χ2v) is 2.76. The number of nitrogens with zero attached hydrogens (tertiary/aromatic N) is 1. The lowest BCUT2D eigenvalue weighted by atomic mass is 10.0. The van der Waals surface area contributed by atoms with Crippen molar-refractivity contribution in [2.75, 3.05) is 0 Å². The van der Waals surface area contributed by atoms with Crippen LogP contribution in [-0.2, 0) is 4.79 Å². The highest BCUT2D eigenvalue weighted by Gasteiger charge is 2.26. The summed E-state index contributed by atoms with van der Waals surface area (Å²) in [6.45, 7) is 3.88. The van der Waals surface area contributed by atoms with E-state index in [0.717, 1.165) is 5.71 Å². The lowest BCUT2D eigenvalue weighted by molar-refractivity contribution is -0.138. The van der Waals surface area contributed by atoms with Gasteiger partial charge >= 0.3 is 5.97 Å². The summed E-state index contributed by atoms with van der Waals surface area (Å²) in [6, 6.07) is -0.477. The van der Waals surface area contributed by atoms with E-state index in [2.05, 4.69) is 4.99 Å². The number of hydrogen-bond acceptors (Lipinski definition) is 2. The molecule has 0 amide bonds. The van der Waals surface area contributed by atoms with Gasteiger partial charge in [-0.2, -0.15) is 0 Å². The molecule has 1 N–H and O–H groups in total. The van der Waals surface area contributed by atoms with Crippen molar-refractivity contribution in [3.63, 3.8) is 0 Å². The van der Waals surface area contributed by atoms with Crippen LogP contribution in [0.2, 0.25) is 0 Å². The van der Waals surface area contributed by atoms with Crippen molar-refractivity contribution < 1.29 is 9.90 Å². The van der Waals surface area contributed by atoms with Crippen molar-refractivity contribution in [1.82, 2.24) is 0 Å². The van der Waals surface area contributed by atoms with Gasteiger partial charge in [0.05, 0.1) is 0 Å². The van der Waals surface area contributed by atoms with Gasteiger partial charge in [-0.05, 0) is 19.3 Å². The number of hydrogen-bond donors (Lipinski definition) is 1. The van der Waals surface area contributed by atoms with Crippen LogP contribution in [0.1, 0.15) is 20.3 Å². The normalized spacial score (nSPS) is 32.0. The van der Waals surface area contributed by atoms with Gasteiger partial charge in [0.1, 0.15) is 6.04 Å². The van der Waals surface area contributed by atoms with Gasteiger partial charge in [0, 0.05) is 5.71 Å². The molecule has 1 aliphatic heterocycles. The number of carboxylic acid groups (broad SMARTS) is 1. The zero-order chi connectivity index (χ0) is 7.72. The third kappa shape index (κ3) is 1.17. The monoisotopic (exact) mass is 141 g/mol. The highest BCUT2D eigenvalue weighted by atomic mass is 16.4. The Bertz CT molecular complexity index is 186. The second kappa shape index (κ2) is 2.40. The fourth-order valence-electron chi connectivity index (χ4n) is 1.09. The van der Waals surface area contributed by atoms with Crippen molar-refractivity contribution >= 4 is 11.7 Å². The molecule has 0 saturated heterocycles. The topological polar surface area (TPSA) is 49.7 Å². The molecule has 0 bridgehead atoms. The summed E-state index contributed by atoms with van der Waals surface area (Å²) in [6.07, 6.45) is 0.668. The van der Waals surface area contributed by atoms with Gasteiger partial charge in [0.2, 0.25) is 0 Å². The van der Waals surface area contributed by atoms with E-state index < -0.39 is 12.0 Å². The summed E-state index contributed by atoms with van der Waals surface area (Å²) in [4.78, 5) is 14.4. The molecule has 10 heavy (non-hydrogen) atoms. The Morgan fingerprint density at radius 2 is 2.40 bits per heavy atom. The summed E-state index contributed by atoms with van der Waals surface area (Å²) < 4.78 is 0. The molecule has 0 aromatic carbocycles. The summed E-state index contributed by atoms with van der Waals surface area (Å²) in [5.41, 5.74) is 0.965. The molecular weight excluding hydrogens is 130 g/mol. The van der Waals surface area contributed by atoms with Gasteiger partial charge in [0.15, 0.2) is 0 Å². The van der Waals surface area contributed by atoms with Crippen LogP contribution in [0.25, 0.3) is 0 Å². The first-order valence-electron chi connectivity index (χ1n) is 3.38. The molecule has 3 heteroatoms. The van der Waals surface area contributed by atoms with Crippen LogP contribution < -0.4 is 0 Å². The van der Waals surface area contributed by atoms with Crippen LogP contribution in [0.15, 0.2) is 4.99 Å². The Hall–Kier alpha value is -0.860. The summed E-state index contributed by atoms with van der Waals surface area (Å²) in [5, 5.41) is 8.54. The number of carbonyl (C=O) groups is 1. The molecule has 0 fully saturated rings. The second-order valence-electron chi connectivity index (χ2n) is 2.76. The smallest absolute Gasteiger partial charge is 0.328 e. The van der Waals surface area contributed by atoms with Crippen molar-refractivity contribution in [2.24, 2.45) is 10.9 Å². The van der Waals surface area contributed by atoms with Crippen LogP contribution in [0.3, 0.4) is 0 Å². The molecule has 0 aliphatic carbocycles. The third-order valence-electron chi connectivity index (χ3n) is 1.93. The predicted octanol–water partition coefficient (Wildman–Crippen LogP) is 0.940. The van der Waals surface area contributed by atoms with Crippen molar-refractivity contribution in [1.29, 1.82) is 0 Å². The Kier molecular flexibility index (Phi) is 1.74. The third-order valence-corrected chi connectivity index (χ3v) is 1.93. The van der Waals surface area contributed by atoms with Gasteiger partial charge in [0.25, 0.3) is 0 Å². The quantitative estimate of drug-likeness (QED) is 0.590. The molecule has 1 rings (SSSR count). The molecule has 1 aliphatic rings. The first-order valence-corrected chi connectivity index (χ1v) is 3.38. The minimum absolute atomic E-state index is 0.348. The Morgan fingerprint density at radius 3 is 2.60 bits per heavy atom. The summed E-state index contributed by atoms with van der Waals surface area (Å²) in [7, 11) is 0. The molecule has 3 nitrogen and oxygen atoms in total. The van der Waals surface area contributed by atoms with Gasteiger partial charge in [-0.3, -0.25) is 4.99 Å². The average molecular weight is 141 g/mol. The number of aliphatic imine (C=N–C) groups is 1. The van der Waals surface area contributed by atoms with Crippen molar-refractivity contribution in [3.8, 4) is 0 Å². The summed E-state index contributed by atoms with van der Waals surface area (Å²) in [5.74, 6) is -0.454. The van der Waals surface area contributed by atoms with Crippen LogP contribution in [0.4, 0.5) is 0 Å². The van der Waals surface area contributed by atoms with E-state index >= 15 is 0 Å². The van der Waals surface area contributed by atoms with Gasteiger partial charge in [-0.25, -0.2) is 4.79 Å². The fourth-order valence-corrected chi connectivity index (χ4v) is 1.09. The van der Waals surface area contributed by atoms with Crippen molar-refractivity contribution in [3.05, 3.63) is 0 Å². The lowest BCUT2D eigenvalue weighted by Crippen LogP contribution is -2.15. The van der Waals surface area contributed by atoms with Gasteiger partial charge < -0.3 is 5.11 Å². The highest BCUT2D eigenvalue weighted by Crippen LogP contribution is 2.19. The molecule has 56 valence electrons. The fraction of sp³-hybridized carbons (Fsp3) is 0.714. The largest absolute Gasteiger partial charge is 0.480 e. The Morgan fingerprint density at radius 1 is 1.80 bits per heavy atom. The predicted molar refractivity (Wildman–Crippen MR) is 38.3 cm³/mol. The first kappa shape index (κ1) is 7.25. The molecule has 1 heterocycles. The Balaban J connectivity index is 2.65. The zero-order valence-corrected chi connectivity index (χ0v) is 6.16. The molecule has 0 unspecified atom stereocenters. The number of carboxylic acids is 1. The SMILES string of the molecule is CC1=N[C@@H](C(=O)O)C[C@H]1C. The Labute approximate surface area is 59.8 Å². The summed E-state index contributed by atoms with van der Waals surface area (Å²) >= 11 is 0. The maximum atomic E-state index is 10.4. The van der Waals surface area contributed by atoms with Gasteiger partial charge in [-0.1, -0.05) is 6.92 Å². The first-order chi connectivity index (χ1) is 4.61. The molecule has 0 spiro atoms. The lowest BCUT2D eigenvalue weighted by Gasteiger charge is -1.99. The highest BCUT2D eigenvalue weighted by molar-refractivity contribution is 5.90. The molecule has 0 radical (unpaired) electrons. The maximum absolute atomic E-state index is 10.4. The van der Waals surface area contributed by atoms with E-state index in [4.69, 9.17) is 5.11 Å². The minimum Gasteiger partial charge on any atom is -0.480 e. The van der Waals surface area contributed by atoms with Crippen LogP contribution in [0, 0.1) is 5.92 Å². The van der Waals surface area contributed by atoms with Crippen LogP contribution >= 0.6 is 0 Å². The van der Waals surface area contributed by atoms with E-state index in [1.165, 1.54) is 0 Å².